The van der Waals surface area contributed by atoms with Gasteiger partial charge in [0.1, 0.15) is 0 Å². The molecule has 0 bridgehead atoms. The minimum absolute atomic E-state index is 0.0724. The summed E-state index contributed by atoms with van der Waals surface area (Å²) < 4.78 is 38.2. The van der Waals surface area contributed by atoms with Crippen LogP contribution in [-0.2, 0) is 17.4 Å². The molecule has 2 nitrogen and oxygen atoms in total. The number of amides is 1. The van der Waals surface area contributed by atoms with E-state index in [0.29, 0.717) is 16.1 Å². The monoisotopic (exact) mass is 341 g/mol. The van der Waals surface area contributed by atoms with Gasteiger partial charge in [0.05, 0.1) is 18.0 Å². The van der Waals surface area contributed by atoms with Crippen LogP contribution in [0.3, 0.4) is 0 Å². The Morgan fingerprint density at radius 3 is 2.52 bits per heavy atom. The van der Waals surface area contributed by atoms with Gasteiger partial charge in [0.2, 0.25) is 5.91 Å². The van der Waals surface area contributed by atoms with Crippen molar-refractivity contribution in [1.29, 1.82) is 0 Å². The molecule has 1 amide bonds. The van der Waals surface area contributed by atoms with Gasteiger partial charge in [0, 0.05) is 5.02 Å². The third kappa shape index (κ3) is 4.73. The summed E-state index contributed by atoms with van der Waals surface area (Å²) in [5, 5.41) is 3.17. The molecule has 2 aromatic rings. The van der Waals surface area contributed by atoms with Crippen molar-refractivity contribution in [3.63, 3.8) is 0 Å². The Hall–Kier alpha value is -2.01. The quantitative estimate of drug-likeness (QED) is 0.852. The van der Waals surface area contributed by atoms with Crippen molar-refractivity contribution < 1.29 is 18.0 Å². The van der Waals surface area contributed by atoms with Crippen molar-refractivity contribution in [1.82, 2.24) is 5.32 Å². The first-order chi connectivity index (χ1) is 10.8. The normalized spacial score (nSPS) is 12.7. The highest BCUT2D eigenvalue weighted by Gasteiger charge is 2.30. The van der Waals surface area contributed by atoms with E-state index in [9.17, 15) is 18.0 Å². The molecule has 0 unspecified atom stereocenters. The van der Waals surface area contributed by atoms with Gasteiger partial charge in [0.25, 0.3) is 0 Å². The first kappa shape index (κ1) is 17.3. The van der Waals surface area contributed by atoms with E-state index in [2.05, 4.69) is 5.32 Å². The standard InChI is InChI=1S/C17H15ClF3NO/c1-11(12-6-4-7-14(9-12)17(19,20)21)22-16(23)10-13-5-2-3-8-15(13)18/h2-9,11H,10H2,1H3,(H,22,23)/t11-/m0/s1. The van der Waals surface area contributed by atoms with Crippen molar-refractivity contribution in [2.75, 3.05) is 0 Å². The lowest BCUT2D eigenvalue weighted by Crippen LogP contribution is -2.28. The van der Waals surface area contributed by atoms with E-state index in [-0.39, 0.29) is 12.3 Å². The number of carbonyl (C=O) groups is 1. The molecule has 0 heterocycles. The third-order valence-corrected chi connectivity index (χ3v) is 3.77. The lowest BCUT2D eigenvalue weighted by molar-refractivity contribution is -0.137. The Morgan fingerprint density at radius 1 is 1.17 bits per heavy atom. The maximum absolute atomic E-state index is 12.7. The molecular weight excluding hydrogens is 327 g/mol. The largest absolute Gasteiger partial charge is 0.416 e. The number of benzene rings is 2. The summed E-state index contributed by atoms with van der Waals surface area (Å²) in [5.41, 5.74) is 0.331. The SMILES string of the molecule is C[C@H](NC(=O)Cc1ccccc1Cl)c1cccc(C(F)(F)F)c1. The van der Waals surface area contributed by atoms with Crippen LogP contribution in [0.15, 0.2) is 48.5 Å². The van der Waals surface area contributed by atoms with Crippen molar-refractivity contribution >= 4 is 17.5 Å². The first-order valence-corrected chi connectivity index (χ1v) is 7.35. The number of hydrogen-bond donors (Lipinski definition) is 1. The topological polar surface area (TPSA) is 29.1 Å². The van der Waals surface area contributed by atoms with Crippen LogP contribution < -0.4 is 5.32 Å². The van der Waals surface area contributed by atoms with Gasteiger partial charge in [-0.05, 0) is 36.2 Å². The van der Waals surface area contributed by atoms with Gasteiger partial charge in [-0.15, -0.1) is 0 Å². The first-order valence-electron chi connectivity index (χ1n) is 6.97. The van der Waals surface area contributed by atoms with Crippen LogP contribution in [0.2, 0.25) is 5.02 Å². The molecular formula is C17H15ClF3NO. The average Bonchev–Trinajstić information content (AvgIpc) is 2.49. The van der Waals surface area contributed by atoms with E-state index >= 15 is 0 Å². The number of halogens is 4. The summed E-state index contributed by atoms with van der Waals surface area (Å²) in [6.45, 7) is 1.64. The Morgan fingerprint density at radius 2 is 1.87 bits per heavy atom. The molecule has 0 spiro atoms. The summed E-state index contributed by atoms with van der Waals surface area (Å²) in [5.74, 6) is -0.303. The molecule has 0 aliphatic rings. The molecule has 0 aliphatic carbocycles. The summed E-state index contributed by atoms with van der Waals surface area (Å²) in [6.07, 6.45) is -4.33. The zero-order chi connectivity index (χ0) is 17.0. The lowest BCUT2D eigenvalue weighted by Gasteiger charge is -2.16. The van der Waals surface area contributed by atoms with Crippen LogP contribution in [0.25, 0.3) is 0 Å². The molecule has 1 atom stereocenters. The van der Waals surface area contributed by atoms with Crippen LogP contribution in [0.1, 0.15) is 29.7 Å². The van der Waals surface area contributed by atoms with E-state index in [1.807, 2.05) is 0 Å². The smallest absolute Gasteiger partial charge is 0.349 e. The minimum atomic E-state index is -4.41. The van der Waals surface area contributed by atoms with E-state index < -0.39 is 17.8 Å². The lowest BCUT2D eigenvalue weighted by atomic mass is 10.0. The van der Waals surface area contributed by atoms with Gasteiger partial charge >= 0.3 is 6.18 Å². The summed E-state index contributed by atoms with van der Waals surface area (Å²) in [4.78, 5) is 12.0. The zero-order valence-corrected chi connectivity index (χ0v) is 13.1. The Kier molecular flexibility index (Phi) is 5.31. The van der Waals surface area contributed by atoms with E-state index in [0.717, 1.165) is 12.1 Å². The second-order valence-electron chi connectivity index (χ2n) is 5.18. The molecule has 0 aromatic heterocycles. The molecule has 23 heavy (non-hydrogen) atoms. The number of hydrogen-bond acceptors (Lipinski definition) is 1. The van der Waals surface area contributed by atoms with Crippen LogP contribution in [0.5, 0.6) is 0 Å². The summed E-state index contributed by atoms with van der Waals surface area (Å²) in [7, 11) is 0. The van der Waals surface area contributed by atoms with Crippen molar-refractivity contribution in [3.05, 3.63) is 70.2 Å². The van der Waals surface area contributed by atoms with Gasteiger partial charge in [-0.2, -0.15) is 13.2 Å². The fourth-order valence-electron chi connectivity index (χ4n) is 2.17. The minimum Gasteiger partial charge on any atom is -0.349 e. The fourth-order valence-corrected chi connectivity index (χ4v) is 2.38. The van der Waals surface area contributed by atoms with Crippen molar-refractivity contribution in [3.8, 4) is 0 Å². The highest BCUT2D eigenvalue weighted by Crippen LogP contribution is 2.30. The van der Waals surface area contributed by atoms with E-state index in [4.69, 9.17) is 11.6 Å². The number of nitrogens with one attached hydrogen (secondary N) is 1. The average molecular weight is 342 g/mol. The van der Waals surface area contributed by atoms with Gasteiger partial charge in [-0.3, -0.25) is 4.79 Å². The maximum Gasteiger partial charge on any atom is 0.416 e. The fraction of sp³-hybridized carbons (Fsp3) is 0.235. The molecule has 0 saturated carbocycles. The summed E-state index contributed by atoms with van der Waals surface area (Å²) in [6, 6.07) is 11.3. The van der Waals surface area contributed by atoms with Crippen molar-refractivity contribution in [2.45, 2.75) is 25.6 Å². The maximum atomic E-state index is 12.7. The van der Waals surface area contributed by atoms with Gasteiger partial charge in [0.15, 0.2) is 0 Å². The molecule has 0 saturated heterocycles. The molecule has 2 rings (SSSR count). The highest BCUT2D eigenvalue weighted by molar-refractivity contribution is 6.31. The van der Waals surface area contributed by atoms with Gasteiger partial charge < -0.3 is 5.32 Å². The molecule has 1 N–H and O–H groups in total. The second kappa shape index (κ2) is 7.04. The molecule has 122 valence electrons. The summed E-state index contributed by atoms with van der Waals surface area (Å²) >= 11 is 5.99. The van der Waals surface area contributed by atoms with Crippen LogP contribution in [0.4, 0.5) is 13.2 Å². The van der Waals surface area contributed by atoms with Crippen LogP contribution >= 0.6 is 11.6 Å². The van der Waals surface area contributed by atoms with Gasteiger partial charge in [-0.1, -0.05) is 41.9 Å². The Labute approximate surface area is 137 Å². The number of alkyl halides is 3. The van der Waals surface area contributed by atoms with Gasteiger partial charge in [-0.25, -0.2) is 0 Å². The van der Waals surface area contributed by atoms with Crippen LogP contribution in [-0.4, -0.2) is 5.91 Å². The Bertz CT molecular complexity index is 700. The Balaban J connectivity index is 2.06. The predicted octanol–water partition coefficient (Wildman–Crippen LogP) is 4.78. The molecule has 0 fully saturated rings. The molecule has 0 radical (unpaired) electrons. The molecule has 0 aliphatic heterocycles. The number of carbonyl (C=O) groups excluding carboxylic acids is 1. The second-order valence-corrected chi connectivity index (χ2v) is 5.59. The predicted molar refractivity (Wildman–Crippen MR) is 83.2 cm³/mol. The third-order valence-electron chi connectivity index (χ3n) is 3.40. The molecule has 2 aromatic carbocycles. The van der Waals surface area contributed by atoms with E-state index in [1.54, 1.807) is 37.3 Å². The molecule has 6 heteroatoms. The highest BCUT2D eigenvalue weighted by atomic mass is 35.5. The zero-order valence-electron chi connectivity index (χ0n) is 12.3. The van der Waals surface area contributed by atoms with Crippen LogP contribution in [0, 0.1) is 0 Å². The number of rotatable bonds is 4. The van der Waals surface area contributed by atoms with Crippen molar-refractivity contribution in [2.24, 2.45) is 0 Å². The van der Waals surface area contributed by atoms with E-state index in [1.165, 1.54) is 6.07 Å².